The van der Waals surface area contributed by atoms with Crippen LogP contribution in [0.2, 0.25) is 0 Å². The number of benzene rings is 1. The lowest BCUT2D eigenvalue weighted by Gasteiger charge is -2.19. The molecule has 2 aromatic rings. The fraction of sp³-hybridized carbons (Fsp3) is 0.500. The van der Waals surface area contributed by atoms with Crippen molar-refractivity contribution in [2.24, 2.45) is 0 Å². The van der Waals surface area contributed by atoms with Crippen molar-refractivity contribution in [2.45, 2.75) is 58.8 Å². The molecule has 1 heterocycles. The Labute approximate surface area is 144 Å². The van der Waals surface area contributed by atoms with Gasteiger partial charge in [0.1, 0.15) is 11.6 Å². The molecule has 136 valence electrons. The molecule has 0 aliphatic rings. The number of rotatable bonds is 5. The summed E-state index contributed by atoms with van der Waals surface area (Å²) in [7, 11) is 0. The third-order valence-electron chi connectivity index (χ3n) is 3.80. The maximum Gasteiger partial charge on any atom is 0.274 e. The summed E-state index contributed by atoms with van der Waals surface area (Å²) >= 11 is 0. The van der Waals surface area contributed by atoms with E-state index in [2.05, 4.69) is 10.2 Å². The quantitative estimate of drug-likeness (QED) is 0.763. The van der Waals surface area contributed by atoms with E-state index in [1.807, 2.05) is 20.8 Å². The monoisotopic (exact) mass is 354 g/mol. The first-order valence-corrected chi connectivity index (χ1v) is 7.94. The van der Waals surface area contributed by atoms with Gasteiger partial charge in [-0.1, -0.05) is 20.8 Å². The molecule has 0 N–H and O–H groups in total. The molecule has 4 nitrogen and oxygen atoms in total. The van der Waals surface area contributed by atoms with Crippen molar-refractivity contribution in [2.75, 3.05) is 0 Å². The minimum Gasteiger partial charge on any atom is -0.420 e. The molecular weight excluding hydrogens is 333 g/mol. The summed E-state index contributed by atoms with van der Waals surface area (Å²) in [6.07, 6.45) is -0.925. The van der Waals surface area contributed by atoms with E-state index in [0.29, 0.717) is 5.89 Å². The summed E-state index contributed by atoms with van der Waals surface area (Å²) in [6, 6.07) is 2.05. The number of aromatic nitrogens is 2. The second-order valence-corrected chi connectivity index (χ2v) is 7.22. The van der Waals surface area contributed by atoms with Crippen molar-refractivity contribution in [1.29, 1.82) is 0 Å². The van der Waals surface area contributed by atoms with Gasteiger partial charge < -0.3 is 9.21 Å². The highest BCUT2D eigenvalue weighted by molar-refractivity contribution is 5.75. The van der Waals surface area contributed by atoms with Crippen LogP contribution in [-0.2, 0) is 16.1 Å². The first-order valence-electron chi connectivity index (χ1n) is 7.94. The Balaban J connectivity index is 2.40. The minimum absolute atomic E-state index is 0.0217. The van der Waals surface area contributed by atoms with Crippen LogP contribution >= 0.6 is 0 Å². The molecule has 0 saturated heterocycles. The van der Waals surface area contributed by atoms with Crippen molar-refractivity contribution in [3.63, 3.8) is 0 Å². The highest BCUT2D eigenvalue weighted by Gasteiger charge is 2.34. The van der Waals surface area contributed by atoms with Crippen LogP contribution in [0, 0.1) is 12.7 Å². The number of carbonyl (C=O) groups is 1. The molecule has 0 aliphatic heterocycles. The summed E-state index contributed by atoms with van der Waals surface area (Å²) in [5.74, 6) is -4.22. The Morgan fingerprint density at radius 3 is 2.36 bits per heavy atom. The van der Waals surface area contributed by atoms with E-state index in [0.717, 1.165) is 6.07 Å². The molecule has 0 aliphatic carbocycles. The summed E-state index contributed by atoms with van der Waals surface area (Å²) in [5, 5.41) is 7.70. The van der Waals surface area contributed by atoms with Crippen LogP contribution in [-0.4, -0.2) is 16.0 Å². The number of halogens is 3. The third kappa shape index (κ3) is 4.27. The van der Waals surface area contributed by atoms with Crippen molar-refractivity contribution in [1.82, 2.24) is 10.2 Å². The van der Waals surface area contributed by atoms with Gasteiger partial charge in [0.2, 0.25) is 5.89 Å². The first kappa shape index (κ1) is 19.1. The van der Waals surface area contributed by atoms with E-state index in [9.17, 15) is 18.0 Å². The second-order valence-electron chi connectivity index (χ2n) is 7.22. The predicted molar refractivity (Wildman–Crippen MR) is 86.9 cm³/mol. The zero-order chi connectivity index (χ0) is 19.0. The Bertz CT molecular complexity index is 792. The van der Waals surface area contributed by atoms with Crippen LogP contribution < -0.4 is 0 Å². The van der Waals surface area contributed by atoms with Crippen LogP contribution in [0.25, 0.3) is 11.5 Å². The highest BCUT2D eigenvalue weighted by Crippen LogP contribution is 2.38. The molecule has 0 spiro atoms. The number of alkyl halides is 2. The number of hydrogen-bond donors (Lipinski definition) is 0. The number of aryl methyl sites for hydroxylation is 1. The fourth-order valence-electron chi connectivity index (χ4n) is 2.34. The van der Waals surface area contributed by atoms with Gasteiger partial charge in [-0.3, -0.25) is 0 Å². The van der Waals surface area contributed by atoms with E-state index in [-0.39, 0.29) is 29.2 Å². The van der Waals surface area contributed by atoms with Crippen LogP contribution in [0.4, 0.5) is 13.2 Å². The molecule has 2 rings (SSSR count). The average molecular weight is 354 g/mol. The molecule has 0 atom stereocenters. The van der Waals surface area contributed by atoms with E-state index < -0.39 is 29.1 Å². The standard InChI is InChI=1S/C18H21F3N2O2/c1-10-8-12(15-22-23-16(25-15)17(3,4)5)14(19)9-13(10)18(20,21)7-6-11(2)24/h8-9H,6-7H2,1-5H3. The van der Waals surface area contributed by atoms with Crippen molar-refractivity contribution in [3.05, 3.63) is 35.0 Å². The number of Topliss-reactive ketones (excluding diaryl/α,β-unsaturated/α-hetero) is 1. The summed E-state index contributed by atoms with van der Waals surface area (Å²) < 4.78 is 48.5. The fourth-order valence-corrected chi connectivity index (χ4v) is 2.34. The van der Waals surface area contributed by atoms with E-state index in [4.69, 9.17) is 4.42 Å². The van der Waals surface area contributed by atoms with Crippen LogP contribution in [0.1, 0.15) is 57.6 Å². The Morgan fingerprint density at radius 1 is 1.20 bits per heavy atom. The first-order chi connectivity index (χ1) is 11.4. The van der Waals surface area contributed by atoms with Gasteiger partial charge in [0.25, 0.3) is 11.8 Å². The maximum atomic E-state index is 14.4. The number of nitrogens with zero attached hydrogens (tertiary/aromatic N) is 2. The van der Waals surface area contributed by atoms with Gasteiger partial charge in [-0.25, -0.2) is 13.2 Å². The summed E-state index contributed by atoms with van der Waals surface area (Å²) in [6.45, 7) is 8.30. The van der Waals surface area contributed by atoms with Crippen LogP contribution in [0.3, 0.4) is 0 Å². The molecule has 1 aromatic carbocycles. The van der Waals surface area contributed by atoms with Gasteiger partial charge >= 0.3 is 0 Å². The largest absolute Gasteiger partial charge is 0.420 e. The lowest BCUT2D eigenvalue weighted by Crippen LogP contribution is -2.17. The lowest BCUT2D eigenvalue weighted by atomic mass is 9.96. The van der Waals surface area contributed by atoms with Crippen molar-refractivity contribution < 1.29 is 22.4 Å². The predicted octanol–water partition coefficient (Wildman–Crippen LogP) is 4.94. The molecule has 25 heavy (non-hydrogen) atoms. The molecule has 1 aromatic heterocycles. The highest BCUT2D eigenvalue weighted by atomic mass is 19.3. The average Bonchev–Trinajstić information content (AvgIpc) is 2.97. The van der Waals surface area contributed by atoms with Gasteiger partial charge in [-0.2, -0.15) is 0 Å². The number of carbonyl (C=O) groups excluding carboxylic acids is 1. The Kier molecular flexibility index (Phi) is 5.06. The molecular formula is C18H21F3N2O2. The van der Waals surface area contributed by atoms with Crippen molar-refractivity contribution >= 4 is 5.78 Å². The second kappa shape index (κ2) is 6.61. The maximum absolute atomic E-state index is 14.4. The third-order valence-corrected chi connectivity index (χ3v) is 3.80. The zero-order valence-electron chi connectivity index (χ0n) is 14.9. The lowest BCUT2D eigenvalue weighted by molar-refractivity contribution is -0.119. The normalized spacial score (nSPS) is 12.5. The van der Waals surface area contributed by atoms with Gasteiger partial charge in [0, 0.05) is 23.8 Å². The number of ketones is 1. The molecule has 0 unspecified atom stereocenters. The van der Waals surface area contributed by atoms with Gasteiger partial charge in [-0.05, 0) is 31.5 Å². The SMILES string of the molecule is CC(=O)CCC(F)(F)c1cc(F)c(-c2nnc(C(C)(C)C)o2)cc1C. The smallest absolute Gasteiger partial charge is 0.274 e. The van der Waals surface area contributed by atoms with Gasteiger partial charge in [0.15, 0.2) is 0 Å². The summed E-state index contributed by atoms with van der Waals surface area (Å²) in [5.41, 5.74) is -0.672. The Hall–Kier alpha value is -2.18. The topological polar surface area (TPSA) is 56.0 Å². The molecule has 7 heteroatoms. The number of hydrogen-bond acceptors (Lipinski definition) is 4. The van der Waals surface area contributed by atoms with E-state index >= 15 is 0 Å². The van der Waals surface area contributed by atoms with Crippen molar-refractivity contribution in [3.8, 4) is 11.5 Å². The zero-order valence-corrected chi connectivity index (χ0v) is 14.9. The van der Waals surface area contributed by atoms with E-state index in [1.54, 1.807) is 0 Å². The molecule has 0 radical (unpaired) electrons. The Morgan fingerprint density at radius 2 is 1.84 bits per heavy atom. The molecule has 0 saturated carbocycles. The van der Waals surface area contributed by atoms with Gasteiger partial charge in [-0.15, -0.1) is 10.2 Å². The van der Waals surface area contributed by atoms with Gasteiger partial charge in [0.05, 0.1) is 5.56 Å². The summed E-state index contributed by atoms with van der Waals surface area (Å²) in [4.78, 5) is 11.0. The van der Waals surface area contributed by atoms with E-state index in [1.165, 1.54) is 19.9 Å². The van der Waals surface area contributed by atoms with Crippen LogP contribution in [0.5, 0.6) is 0 Å². The minimum atomic E-state index is -3.29. The molecule has 0 fully saturated rings. The molecule has 0 bridgehead atoms. The molecule has 0 amide bonds. The van der Waals surface area contributed by atoms with Crippen LogP contribution in [0.15, 0.2) is 16.5 Å².